The number of hydrogen-bond donors (Lipinski definition) is 0. The van der Waals surface area contributed by atoms with Gasteiger partial charge in [0.15, 0.2) is 0 Å². The molecule has 0 aliphatic carbocycles. The smallest absolute Gasteiger partial charge is 0.131 e. The highest BCUT2D eigenvalue weighted by Gasteiger charge is 2.26. The molecule has 5 nitrogen and oxygen atoms in total. The first-order valence-corrected chi connectivity index (χ1v) is 9.36. The highest BCUT2D eigenvalue weighted by Crippen LogP contribution is 2.32. The molecule has 4 rings (SSSR count). The van der Waals surface area contributed by atoms with Gasteiger partial charge in [-0.1, -0.05) is 18.2 Å². The lowest BCUT2D eigenvalue weighted by Crippen LogP contribution is -2.24. The Morgan fingerprint density at radius 2 is 1.74 bits per heavy atom. The van der Waals surface area contributed by atoms with Gasteiger partial charge in [0.1, 0.15) is 5.82 Å². The van der Waals surface area contributed by atoms with Crippen LogP contribution in [-0.2, 0) is 11.2 Å². The van der Waals surface area contributed by atoms with Crippen LogP contribution < -0.4 is 4.90 Å². The van der Waals surface area contributed by atoms with E-state index in [1.165, 1.54) is 16.7 Å². The third kappa shape index (κ3) is 3.98. The molecule has 0 radical (unpaired) electrons. The average Bonchev–Trinajstić information content (AvgIpc) is 3.23. The molecule has 0 bridgehead atoms. The molecular weight excluding hydrogens is 336 g/mol. The number of methoxy groups -OCH3 is 1. The molecule has 1 aliphatic heterocycles. The Morgan fingerprint density at radius 1 is 1.04 bits per heavy atom. The highest BCUT2D eigenvalue weighted by atomic mass is 16.5. The normalized spacial score (nSPS) is 16.8. The van der Waals surface area contributed by atoms with Gasteiger partial charge in [0.05, 0.1) is 6.10 Å². The van der Waals surface area contributed by atoms with Gasteiger partial charge in [-0.3, -0.25) is 9.97 Å². The van der Waals surface area contributed by atoms with E-state index in [4.69, 9.17) is 9.72 Å². The van der Waals surface area contributed by atoms with Crippen LogP contribution in [0.5, 0.6) is 0 Å². The monoisotopic (exact) mass is 360 g/mol. The topological polar surface area (TPSA) is 51.1 Å². The number of ether oxygens (including phenoxy) is 1. The maximum absolute atomic E-state index is 5.54. The Hall–Kier alpha value is -2.79. The number of pyridine rings is 3. The van der Waals surface area contributed by atoms with Crippen LogP contribution in [-0.4, -0.2) is 41.3 Å². The zero-order valence-electron chi connectivity index (χ0n) is 15.5. The van der Waals surface area contributed by atoms with E-state index in [0.29, 0.717) is 0 Å². The van der Waals surface area contributed by atoms with Gasteiger partial charge in [-0.15, -0.1) is 0 Å². The highest BCUT2D eigenvalue weighted by molar-refractivity contribution is 5.49. The molecule has 3 aromatic heterocycles. The molecule has 3 aromatic rings. The summed E-state index contributed by atoms with van der Waals surface area (Å²) in [5, 5.41) is 0. The van der Waals surface area contributed by atoms with E-state index in [2.05, 4.69) is 33.1 Å². The summed E-state index contributed by atoms with van der Waals surface area (Å²) in [6.07, 6.45) is 11.6. The summed E-state index contributed by atoms with van der Waals surface area (Å²) in [5.41, 5.74) is 3.62. The zero-order valence-corrected chi connectivity index (χ0v) is 15.5. The fourth-order valence-electron chi connectivity index (χ4n) is 3.80. The van der Waals surface area contributed by atoms with Crippen LogP contribution >= 0.6 is 0 Å². The molecule has 0 saturated carbocycles. The molecule has 1 saturated heterocycles. The maximum Gasteiger partial charge on any atom is 0.131 e. The number of anilines is 1. The van der Waals surface area contributed by atoms with E-state index in [1.54, 1.807) is 7.11 Å². The van der Waals surface area contributed by atoms with Crippen LogP contribution in [0, 0.1) is 0 Å². The standard InChI is InChI=1S/C22H24N4O/c1-27-20-8-12-26(16-20)22-17(5-4-11-25-22)13-21(18-6-2-9-23-14-18)19-7-3-10-24-15-19/h2-7,9-11,14-15,20-21H,8,12-13,16H2,1H3/t20-/m1/s1. The van der Waals surface area contributed by atoms with Crippen molar-refractivity contribution in [2.45, 2.75) is 24.9 Å². The molecule has 0 N–H and O–H groups in total. The first-order valence-electron chi connectivity index (χ1n) is 9.36. The molecule has 0 aromatic carbocycles. The lowest BCUT2D eigenvalue weighted by Gasteiger charge is -2.23. The second kappa shape index (κ2) is 8.27. The van der Waals surface area contributed by atoms with E-state index in [1.807, 2.05) is 49.2 Å². The first kappa shape index (κ1) is 17.6. The van der Waals surface area contributed by atoms with Crippen molar-refractivity contribution in [2.75, 3.05) is 25.1 Å². The Kier molecular flexibility index (Phi) is 5.39. The van der Waals surface area contributed by atoms with Crippen molar-refractivity contribution in [3.63, 3.8) is 0 Å². The van der Waals surface area contributed by atoms with Crippen molar-refractivity contribution in [3.05, 3.63) is 84.1 Å². The summed E-state index contributed by atoms with van der Waals surface area (Å²) in [7, 11) is 1.79. The van der Waals surface area contributed by atoms with Gasteiger partial charge in [-0.2, -0.15) is 0 Å². The molecule has 1 atom stereocenters. The number of hydrogen-bond acceptors (Lipinski definition) is 5. The van der Waals surface area contributed by atoms with Gasteiger partial charge in [-0.25, -0.2) is 4.98 Å². The minimum absolute atomic E-state index is 0.191. The van der Waals surface area contributed by atoms with E-state index >= 15 is 0 Å². The third-order valence-electron chi connectivity index (χ3n) is 5.24. The van der Waals surface area contributed by atoms with Gasteiger partial charge < -0.3 is 9.64 Å². The Labute approximate surface area is 160 Å². The lowest BCUT2D eigenvalue weighted by atomic mass is 9.87. The summed E-state index contributed by atoms with van der Waals surface area (Å²) in [6, 6.07) is 12.5. The zero-order chi connectivity index (χ0) is 18.5. The minimum Gasteiger partial charge on any atom is -0.380 e. The van der Waals surface area contributed by atoms with Crippen LogP contribution in [0.15, 0.2) is 67.4 Å². The third-order valence-corrected chi connectivity index (χ3v) is 5.24. The molecule has 4 heterocycles. The molecule has 0 amide bonds. The summed E-state index contributed by atoms with van der Waals surface area (Å²) in [5.74, 6) is 1.26. The first-order chi connectivity index (χ1) is 13.3. The fraction of sp³-hybridized carbons (Fsp3) is 0.318. The van der Waals surface area contributed by atoms with Crippen molar-refractivity contribution in [1.82, 2.24) is 15.0 Å². The van der Waals surface area contributed by atoms with Crippen molar-refractivity contribution >= 4 is 5.82 Å². The van der Waals surface area contributed by atoms with Gasteiger partial charge in [-0.05, 0) is 47.7 Å². The Balaban J connectivity index is 1.66. The van der Waals surface area contributed by atoms with Crippen LogP contribution in [0.4, 0.5) is 5.82 Å². The quantitative estimate of drug-likeness (QED) is 0.674. The largest absolute Gasteiger partial charge is 0.380 e. The Morgan fingerprint density at radius 3 is 2.33 bits per heavy atom. The predicted octanol–water partition coefficient (Wildman–Crippen LogP) is 3.47. The number of aromatic nitrogens is 3. The Bertz CT molecular complexity index is 817. The van der Waals surface area contributed by atoms with E-state index < -0.39 is 0 Å². The summed E-state index contributed by atoms with van der Waals surface area (Å²) < 4.78 is 5.54. The van der Waals surface area contributed by atoms with Gasteiger partial charge in [0, 0.05) is 57.1 Å². The van der Waals surface area contributed by atoms with Gasteiger partial charge in [0.2, 0.25) is 0 Å². The van der Waals surface area contributed by atoms with Gasteiger partial charge in [0.25, 0.3) is 0 Å². The van der Waals surface area contributed by atoms with Crippen LogP contribution in [0.1, 0.15) is 29.0 Å². The molecule has 1 aliphatic rings. The molecule has 5 heteroatoms. The molecule has 0 spiro atoms. The summed E-state index contributed by atoms with van der Waals surface area (Å²) in [4.78, 5) is 15.7. The van der Waals surface area contributed by atoms with Crippen LogP contribution in [0.2, 0.25) is 0 Å². The fourth-order valence-corrected chi connectivity index (χ4v) is 3.80. The van der Waals surface area contributed by atoms with Crippen molar-refractivity contribution in [3.8, 4) is 0 Å². The SMILES string of the molecule is CO[C@@H]1CCN(c2ncccc2CC(c2cccnc2)c2cccnc2)C1. The summed E-state index contributed by atoms with van der Waals surface area (Å²) >= 11 is 0. The van der Waals surface area contributed by atoms with Gasteiger partial charge >= 0.3 is 0 Å². The van der Waals surface area contributed by atoms with Crippen molar-refractivity contribution < 1.29 is 4.74 Å². The summed E-state index contributed by atoms with van der Waals surface area (Å²) in [6.45, 7) is 1.87. The number of rotatable bonds is 6. The molecule has 27 heavy (non-hydrogen) atoms. The molecular formula is C22H24N4O. The lowest BCUT2D eigenvalue weighted by molar-refractivity contribution is 0.121. The van der Waals surface area contributed by atoms with E-state index in [0.717, 1.165) is 31.7 Å². The molecule has 138 valence electrons. The van der Waals surface area contributed by atoms with E-state index in [-0.39, 0.29) is 12.0 Å². The second-order valence-electron chi connectivity index (χ2n) is 6.91. The van der Waals surface area contributed by atoms with E-state index in [9.17, 15) is 0 Å². The minimum atomic E-state index is 0.191. The maximum atomic E-state index is 5.54. The molecule has 0 unspecified atom stereocenters. The second-order valence-corrected chi connectivity index (χ2v) is 6.91. The van der Waals surface area contributed by atoms with Crippen molar-refractivity contribution in [2.24, 2.45) is 0 Å². The van der Waals surface area contributed by atoms with Crippen LogP contribution in [0.3, 0.4) is 0 Å². The van der Waals surface area contributed by atoms with Crippen molar-refractivity contribution in [1.29, 1.82) is 0 Å². The molecule has 1 fully saturated rings. The average molecular weight is 360 g/mol. The number of nitrogens with zero attached hydrogens (tertiary/aromatic N) is 4. The van der Waals surface area contributed by atoms with Crippen LogP contribution in [0.25, 0.3) is 0 Å². The predicted molar refractivity (Wildman–Crippen MR) is 106 cm³/mol.